The molecule has 3 rings (SSSR count). The second kappa shape index (κ2) is 11.1. The van der Waals surface area contributed by atoms with Gasteiger partial charge in [-0.2, -0.15) is 0 Å². The van der Waals surface area contributed by atoms with Crippen LogP contribution in [0.3, 0.4) is 0 Å². The average molecular weight is 484 g/mol. The normalized spacial score (nSPS) is 22.4. The molecule has 32 heavy (non-hydrogen) atoms. The van der Waals surface area contributed by atoms with Crippen LogP contribution in [0.4, 0.5) is 0 Å². The Morgan fingerprint density at radius 1 is 1.03 bits per heavy atom. The standard InChI is InChI=1S/C22H27Cl2N3O5/c23-16-3-1-15(13-17(16)24)2-4-20(30)25-9-6-21(31)26(12-11-25)10-7-22(32)27-8-5-18(28)19(29)14-27/h1-4,13,18-19,28-29H,5-12,14H2. The number of likely N-dealkylation sites (tertiary alicyclic amines) is 1. The average Bonchev–Trinajstić information content (AvgIpc) is 2.96. The van der Waals surface area contributed by atoms with Gasteiger partial charge in [-0.25, -0.2) is 0 Å². The van der Waals surface area contributed by atoms with Crippen molar-refractivity contribution < 1.29 is 24.6 Å². The summed E-state index contributed by atoms with van der Waals surface area (Å²) in [6.07, 6.45) is 2.01. The first-order valence-corrected chi connectivity index (χ1v) is 11.3. The van der Waals surface area contributed by atoms with Gasteiger partial charge in [-0.3, -0.25) is 14.4 Å². The number of hydrogen-bond donors (Lipinski definition) is 2. The summed E-state index contributed by atoms with van der Waals surface area (Å²) in [6.45, 7) is 1.77. The van der Waals surface area contributed by atoms with Gasteiger partial charge in [0.25, 0.3) is 0 Å². The highest BCUT2D eigenvalue weighted by Crippen LogP contribution is 2.23. The van der Waals surface area contributed by atoms with Crippen LogP contribution < -0.4 is 0 Å². The molecule has 0 radical (unpaired) electrons. The number of benzene rings is 1. The van der Waals surface area contributed by atoms with Crippen LogP contribution in [0.2, 0.25) is 10.0 Å². The van der Waals surface area contributed by atoms with Crippen molar-refractivity contribution in [2.45, 2.75) is 31.5 Å². The van der Waals surface area contributed by atoms with E-state index in [4.69, 9.17) is 23.2 Å². The molecule has 2 saturated heterocycles. The quantitative estimate of drug-likeness (QED) is 0.616. The fourth-order valence-electron chi connectivity index (χ4n) is 3.75. The molecule has 2 heterocycles. The lowest BCUT2D eigenvalue weighted by atomic mass is 10.0. The zero-order chi connectivity index (χ0) is 23.3. The first-order valence-electron chi connectivity index (χ1n) is 10.6. The van der Waals surface area contributed by atoms with Gasteiger partial charge < -0.3 is 24.9 Å². The van der Waals surface area contributed by atoms with Gasteiger partial charge in [-0.1, -0.05) is 29.3 Å². The highest BCUT2D eigenvalue weighted by atomic mass is 35.5. The first-order chi connectivity index (χ1) is 15.2. The number of hydrogen-bond acceptors (Lipinski definition) is 5. The third kappa shape index (κ3) is 6.45. The number of aliphatic hydroxyl groups is 2. The number of halogens is 2. The summed E-state index contributed by atoms with van der Waals surface area (Å²) in [7, 11) is 0. The number of carbonyl (C=O) groups is 3. The van der Waals surface area contributed by atoms with Gasteiger partial charge >= 0.3 is 0 Å². The molecular formula is C22H27Cl2N3O5. The second-order valence-electron chi connectivity index (χ2n) is 7.98. The molecular weight excluding hydrogens is 457 g/mol. The molecule has 0 aromatic heterocycles. The summed E-state index contributed by atoms with van der Waals surface area (Å²) in [6, 6.07) is 5.08. The molecule has 10 heteroatoms. The summed E-state index contributed by atoms with van der Waals surface area (Å²) < 4.78 is 0. The molecule has 1 aromatic carbocycles. The minimum atomic E-state index is -0.941. The monoisotopic (exact) mass is 483 g/mol. The van der Waals surface area contributed by atoms with Crippen molar-refractivity contribution >= 4 is 47.0 Å². The third-order valence-corrected chi connectivity index (χ3v) is 6.50. The molecule has 8 nitrogen and oxygen atoms in total. The van der Waals surface area contributed by atoms with Crippen LogP contribution in [0.1, 0.15) is 24.8 Å². The predicted molar refractivity (Wildman–Crippen MR) is 121 cm³/mol. The Morgan fingerprint density at radius 2 is 1.81 bits per heavy atom. The number of amides is 3. The molecule has 0 saturated carbocycles. The Balaban J connectivity index is 1.49. The molecule has 2 fully saturated rings. The van der Waals surface area contributed by atoms with Crippen molar-refractivity contribution in [3.63, 3.8) is 0 Å². The third-order valence-electron chi connectivity index (χ3n) is 5.76. The number of piperidine rings is 1. The molecule has 2 aliphatic rings. The lowest BCUT2D eigenvalue weighted by molar-refractivity contribution is -0.139. The first kappa shape index (κ1) is 24.5. The van der Waals surface area contributed by atoms with E-state index in [0.29, 0.717) is 42.6 Å². The lowest BCUT2D eigenvalue weighted by Gasteiger charge is -2.34. The number of β-amino-alcohol motifs (C(OH)–C–C–N with tert-alkyl or cyclic N) is 1. The number of nitrogens with zero attached hydrogens (tertiary/aromatic N) is 3. The molecule has 174 valence electrons. The zero-order valence-electron chi connectivity index (χ0n) is 17.6. The van der Waals surface area contributed by atoms with E-state index in [0.717, 1.165) is 5.56 Å². The molecule has 3 amide bonds. The SMILES string of the molecule is O=C(C=Cc1ccc(Cl)c(Cl)c1)N1CCC(=O)N(CCC(=O)N2CCC(O)C(O)C2)CC1. The van der Waals surface area contributed by atoms with Crippen LogP contribution in [-0.2, 0) is 14.4 Å². The van der Waals surface area contributed by atoms with Gasteiger partial charge in [0.15, 0.2) is 0 Å². The zero-order valence-corrected chi connectivity index (χ0v) is 19.1. The van der Waals surface area contributed by atoms with Gasteiger partial charge in [0.05, 0.1) is 22.3 Å². The Kier molecular flexibility index (Phi) is 8.53. The van der Waals surface area contributed by atoms with E-state index in [9.17, 15) is 24.6 Å². The molecule has 0 bridgehead atoms. The van der Waals surface area contributed by atoms with Crippen molar-refractivity contribution in [3.8, 4) is 0 Å². The second-order valence-corrected chi connectivity index (χ2v) is 8.79. The van der Waals surface area contributed by atoms with E-state index >= 15 is 0 Å². The van der Waals surface area contributed by atoms with Gasteiger partial charge in [-0.15, -0.1) is 0 Å². The van der Waals surface area contributed by atoms with E-state index in [1.165, 1.54) is 11.0 Å². The highest BCUT2D eigenvalue weighted by Gasteiger charge is 2.29. The Labute approximate surface area is 197 Å². The molecule has 2 atom stereocenters. The van der Waals surface area contributed by atoms with E-state index in [-0.39, 0.29) is 43.7 Å². The van der Waals surface area contributed by atoms with Crippen molar-refractivity contribution in [1.29, 1.82) is 0 Å². The van der Waals surface area contributed by atoms with Gasteiger partial charge in [-0.05, 0) is 30.2 Å². The summed E-state index contributed by atoms with van der Waals surface area (Å²) in [5.41, 5.74) is 0.745. The Hall–Kier alpha value is -2.13. The van der Waals surface area contributed by atoms with E-state index in [1.54, 1.807) is 34.1 Å². The largest absolute Gasteiger partial charge is 0.390 e. The number of carbonyl (C=O) groups excluding carboxylic acids is 3. The van der Waals surface area contributed by atoms with Crippen LogP contribution >= 0.6 is 23.2 Å². The fourth-order valence-corrected chi connectivity index (χ4v) is 4.05. The molecule has 2 N–H and O–H groups in total. The molecule has 0 spiro atoms. The highest BCUT2D eigenvalue weighted by molar-refractivity contribution is 6.42. The minimum absolute atomic E-state index is 0.0986. The van der Waals surface area contributed by atoms with Gasteiger partial charge in [0, 0.05) is 58.2 Å². The maximum Gasteiger partial charge on any atom is 0.246 e. The van der Waals surface area contributed by atoms with Crippen LogP contribution in [0.15, 0.2) is 24.3 Å². The van der Waals surface area contributed by atoms with E-state index in [2.05, 4.69) is 0 Å². The van der Waals surface area contributed by atoms with Crippen molar-refractivity contribution in [1.82, 2.24) is 14.7 Å². The molecule has 2 unspecified atom stereocenters. The van der Waals surface area contributed by atoms with Crippen LogP contribution in [-0.4, -0.2) is 94.1 Å². The smallest absolute Gasteiger partial charge is 0.246 e. The summed E-state index contributed by atoms with van der Waals surface area (Å²) in [4.78, 5) is 42.2. The number of aliphatic hydroxyl groups excluding tert-OH is 2. The predicted octanol–water partition coefficient (Wildman–Crippen LogP) is 1.41. The maximum atomic E-state index is 12.6. The maximum absolute atomic E-state index is 12.6. The van der Waals surface area contributed by atoms with Crippen molar-refractivity contribution in [3.05, 3.63) is 39.9 Å². The summed E-state index contributed by atoms with van der Waals surface area (Å²) >= 11 is 11.9. The summed E-state index contributed by atoms with van der Waals surface area (Å²) in [5, 5.41) is 20.2. The molecule has 2 aliphatic heterocycles. The van der Waals surface area contributed by atoms with E-state index in [1.807, 2.05) is 0 Å². The lowest BCUT2D eigenvalue weighted by Crippen LogP contribution is -2.49. The van der Waals surface area contributed by atoms with Crippen LogP contribution in [0.5, 0.6) is 0 Å². The van der Waals surface area contributed by atoms with Gasteiger partial charge in [0.1, 0.15) is 0 Å². The fraction of sp³-hybridized carbons (Fsp3) is 0.500. The minimum Gasteiger partial charge on any atom is -0.390 e. The topological polar surface area (TPSA) is 101 Å². The van der Waals surface area contributed by atoms with Crippen LogP contribution in [0, 0.1) is 0 Å². The number of rotatable bonds is 5. The van der Waals surface area contributed by atoms with E-state index < -0.39 is 12.2 Å². The molecule has 0 aliphatic carbocycles. The van der Waals surface area contributed by atoms with Crippen molar-refractivity contribution in [2.75, 3.05) is 39.3 Å². The van der Waals surface area contributed by atoms with Crippen molar-refractivity contribution in [2.24, 2.45) is 0 Å². The Morgan fingerprint density at radius 3 is 2.53 bits per heavy atom. The summed E-state index contributed by atoms with van der Waals surface area (Å²) in [5.74, 6) is -0.469. The molecule has 1 aromatic rings. The van der Waals surface area contributed by atoms with Gasteiger partial charge in [0.2, 0.25) is 17.7 Å². The van der Waals surface area contributed by atoms with Crippen LogP contribution in [0.25, 0.3) is 6.08 Å². The Bertz CT molecular complexity index is 894.